The van der Waals surface area contributed by atoms with Gasteiger partial charge in [-0.15, -0.1) is 11.3 Å². The van der Waals surface area contributed by atoms with Crippen molar-refractivity contribution in [1.29, 1.82) is 0 Å². The Morgan fingerprint density at radius 3 is 2.94 bits per heavy atom. The summed E-state index contributed by atoms with van der Waals surface area (Å²) in [7, 11) is 0. The Bertz CT molecular complexity index is 569. The second-order valence-corrected chi connectivity index (χ2v) is 5.41. The van der Waals surface area contributed by atoms with Crippen LogP contribution in [0, 0.1) is 0 Å². The van der Waals surface area contributed by atoms with Crippen molar-refractivity contribution < 1.29 is 8.78 Å². The zero-order valence-electron chi connectivity index (χ0n) is 9.62. The Balaban J connectivity index is 1.92. The lowest BCUT2D eigenvalue weighted by Gasteiger charge is -2.23. The molecular formula is C13H12F2N2S. The van der Waals surface area contributed by atoms with Crippen LogP contribution in [0.3, 0.4) is 0 Å². The predicted octanol–water partition coefficient (Wildman–Crippen LogP) is 3.87. The molecule has 1 unspecified atom stereocenters. The van der Waals surface area contributed by atoms with Crippen LogP contribution in [0.2, 0.25) is 0 Å². The Kier molecular flexibility index (Phi) is 3.09. The van der Waals surface area contributed by atoms with E-state index < -0.39 is 6.08 Å². The summed E-state index contributed by atoms with van der Waals surface area (Å²) in [6.07, 6.45) is -0.728. The third kappa shape index (κ3) is 2.15. The molecule has 1 fully saturated rings. The Labute approximate surface area is 107 Å². The zero-order chi connectivity index (χ0) is 12.5. The third-order valence-corrected chi connectivity index (χ3v) is 4.29. The number of rotatable bonds is 1. The van der Waals surface area contributed by atoms with E-state index in [4.69, 9.17) is 0 Å². The molecule has 2 heterocycles. The van der Waals surface area contributed by atoms with Crippen molar-refractivity contribution in [2.45, 2.75) is 18.9 Å². The zero-order valence-corrected chi connectivity index (χ0v) is 10.4. The first-order valence-electron chi connectivity index (χ1n) is 5.86. The van der Waals surface area contributed by atoms with E-state index in [0.717, 1.165) is 15.2 Å². The van der Waals surface area contributed by atoms with E-state index in [9.17, 15) is 8.78 Å². The number of halogens is 2. The first kappa shape index (κ1) is 11.7. The highest BCUT2D eigenvalue weighted by molar-refractivity contribution is 7.18. The van der Waals surface area contributed by atoms with Crippen molar-refractivity contribution in [3.8, 4) is 0 Å². The van der Waals surface area contributed by atoms with E-state index in [1.165, 1.54) is 0 Å². The SMILES string of the molecule is FC(F)=C1CCNC(c2nc3ccccc3s2)C1. The van der Waals surface area contributed by atoms with Crippen molar-refractivity contribution in [3.63, 3.8) is 0 Å². The number of aromatic nitrogens is 1. The van der Waals surface area contributed by atoms with E-state index in [2.05, 4.69) is 10.3 Å². The maximum absolute atomic E-state index is 12.6. The van der Waals surface area contributed by atoms with Gasteiger partial charge in [0.25, 0.3) is 6.08 Å². The van der Waals surface area contributed by atoms with Crippen LogP contribution in [-0.4, -0.2) is 11.5 Å². The number of nitrogens with one attached hydrogen (secondary N) is 1. The van der Waals surface area contributed by atoms with Crippen LogP contribution in [0.25, 0.3) is 10.2 Å². The van der Waals surface area contributed by atoms with E-state index in [1.54, 1.807) is 11.3 Å². The van der Waals surface area contributed by atoms with Crippen molar-refractivity contribution in [2.24, 2.45) is 0 Å². The van der Waals surface area contributed by atoms with Crippen molar-refractivity contribution in [2.75, 3.05) is 6.54 Å². The molecular weight excluding hydrogens is 254 g/mol. The normalized spacial score (nSPS) is 20.3. The van der Waals surface area contributed by atoms with Crippen LogP contribution in [-0.2, 0) is 0 Å². The first-order valence-corrected chi connectivity index (χ1v) is 6.67. The van der Waals surface area contributed by atoms with Gasteiger partial charge in [0, 0.05) is 0 Å². The number of piperidine rings is 1. The summed E-state index contributed by atoms with van der Waals surface area (Å²) in [4.78, 5) is 4.52. The average molecular weight is 266 g/mol. The van der Waals surface area contributed by atoms with E-state index in [0.29, 0.717) is 19.4 Å². The summed E-state index contributed by atoms with van der Waals surface area (Å²) in [6.45, 7) is 0.591. The van der Waals surface area contributed by atoms with Crippen LogP contribution in [0.5, 0.6) is 0 Å². The number of nitrogens with zero attached hydrogens (tertiary/aromatic N) is 1. The molecule has 1 aliphatic rings. The second kappa shape index (κ2) is 4.74. The molecule has 94 valence electrons. The van der Waals surface area contributed by atoms with Crippen LogP contribution in [0.1, 0.15) is 23.9 Å². The number of benzene rings is 1. The molecule has 0 aliphatic carbocycles. The Hall–Kier alpha value is -1.33. The minimum atomic E-state index is -1.53. The molecule has 2 aromatic rings. The standard InChI is InChI=1S/C13H12F2N2S/c14-12(15)8-5-6-16-10(7-8)13-17-9-3-1-2-4-11(9)18-13/h1-4,10,16H,5-7H2. The molecule has 1 saturated heterocycles. The van der Waals surface area contributed by atoms with Crippen molar-refractivity contribution >= 4 is 21.6 Å². The number of fused-ring (bicyclic) bond motifs is 1. The fraction of sp³-hybridized carbons (Fsp3) is 0.308. The van der Waals surface area contributed by atoms with Gasteiger partial charge in [0.15, 0.2) is 0 Å². The van der Waals surface area contributed by atoms with Gasteiger partial charge in [-0.25, -0.2) is 4.98 Å². The molecule has 2 nitrogen and oxygen atoms in total. The van der Waals surface area contributed by atoms with E-state index in [-0.39, 0.29) is 11.6 Å². The highest BCUT2D eigenvalue weighted by atomic mass is 32.1. The van der Waals surface area contributed by atoms with Gasteiger partial charge in [0.1, 0.15) is 5.01 Å². The quantitative estimate of drug-likeness (QED) is 0.847. The number of hydrogen-bond donors (Lipinski definition) is 1. The molecule has 1 aliphatic heterocycles. The second-order valence-electron chi connectivity index (χ2n) is 4.34. The van der Waals surface area contributed by atoms with Gasteiger partial charge >= 0.3 is 0 Å². The topological polar surface area (TPSA) is 24.9 Å². The molecule has 1 aromatic heterocycles. The smallest absolute Gasteiger partial charge is 0.269 e. The summed E-state index contributed by atoms with van der Waals surface area (Å²) in [5, 5.41) is 4.16. The van der Waals surface area contributed by atoms with Gasteiger partial charge in [0.05, 0.1) is 16.3 Å². The van der Waals surface area contributed by atoms with E-state index in [1.807, 2.05) is 24.3 Å². The lowest BCUT2D eigenvalue weighted by atomic mass is 10.0. The summed E-state index contributed by atoms with van der Waals surface area (Å²) >= 11 is 1.58. The minimum Gasteiger partial charge on any atom is -0.307 e. The maximum atomic E-state index is 12.6. The molecule has 3 rings (SSSR count). The van der Waals surface area contributed by atoms with Gasteiger partial charge in [-0.1, -0.05) is 12.1 Å². The highest BCUT2D eigenvalue weighted by Crippen LogP contribution is 2.33. The Morgan fingerprint density at radius 2 is 2.17 bits per heavy atom. The van der Waals surface area contributed by atoms with Crippen molar-refractivity contribution in [1.82, 2.24) is 10.3 Å². The molecule has 0 radical (unpaired) electrons. The van der Waals surface area contributed by atoms with Gasteiger partial charge in [-0.2, -0.15) is 8.78 Å². The number of hydrogen-bond acceptors (Lipinski definition) is 3. The third-order valence-electron chi connectivity index (χ3n) is 3.14. The molecule has 1 aromatic carbocycles. The molecule has 0 spiro atoms. The molecule has 0 saturated carbocycles. The summed E-state index contributed by atoms with van der Waals surface area (Å²) in [5.74, 6) is 0. The average Bonchev–Trinajstić information content (AvgIpc) is 2.82. The fourth-order valence-electron chi connectivity index (χ4n) is 2.20. The number of thiazole rings is 1. The molecule has 1 N–H and O–H groups in total. The summed E-state index contributed by atoms with van der Waals surface area (Å²) in [6, 6.07) is 7.78. The monoisotopic (exact) mass is 266 g/mol. The van der Waals surface area contributed by atoms with Crippen molar-refractivity contribution in [3.05, 3.63) is 40.9 Å². The fourth-order valence-corrected chi connectivity index (χ4v) is 3.25. The molecule has 0 amide bonds. The molecule has 1 atom stereocenters. The molecule has 18 heavy (non-hydrogen) atoms. The lowest BCUT2D eigenvalue weighted by Crippen LogP contribution is -2.28. The predicted molar refractivity (Wildman–Crippen MR) is 68.8 cm³/mol. The molecule has 0 bridgehead atoms. The van der Waals surface area contributed by atoms with Crippen LogP contribution >= 0.6 is 11.3 Å². The van der Waals surface area contributed by atoms with Gasteiger partial charge in [0.2, 0.25) is 0 Å². The summed E-state index contributed by atoms with van der Waals surface area (Å²) in [5.41, 5.74) is 1.20. The maximum Gasteiger partial charge on any atom is 0.269 e. The summed E-state index contributed by atoms with van der Waals surface area (Å²) < 4.78 is 26.4. The van der Waals surface area contributed by atoms with Gasteiger partial charge in [-0.3, -0.25) is 0 Å². The van der Waals surface area contributed by atoms with Crippen LogP contribution in [0.4, 0.5) is 8.78 Å². The lowest BCUT2D eigenvalue weighted by molar-refractivity contribution is 0.378. The number of para-hydroxylation sites is 1. The largest absolute Gasteiger partial charge is 0.307 e. The van der Waals surface area contributed by atoms with Crippen LogP contribution in [0.15, 0.2) is 35.9 Å². The first-order chi connectivity index (χ1) is 8.74. The highest BCUT2D eigenvalue weighted by Gasteiger charge is 2.23. The van der Waals surface area contributed by atoms with Gasteiger partial charge in [-0.05, 0) is 37.1 Å². The minimum absolute atomic E-state index is 0.0763. The molecule has 5 heteroatoms. The van der Waals surface area contributed by atoms with E-state index >= 15 is 0 Å². The van der Waals surface area contributed by atoms with Gasteiger partial charge < -0.3 is 5.32 Å². The Morgan fingerprint density at radius 1 is 1.33 bits per heavy atom. The van der Waals surface area contributed by atoms with Crippen LogP contribution < -0.4 is 5.32 Å².